The van der Waals surface area contributed by atoms with Gasteiger partial charge in [-0.05, 0) is 19.1 Å². The molecule has 2 aromatic heterocycles. The second-order valence-electron chi connectivity index (χ2n) is 5.79. The summed E-state index contributed by atoms with van der Waals surface area (Å²) in [5.74, 6) is 0.274. The lowest BCUT2D eigenvalue weighted by Crippen LogP contribution is -2.40. The average Bonchev–Trinajstić information content (AvgIpc) is 2.99. The number of carbonyl (C=O) groups excluding carboxylic acids is 1. The first-order chi connectivity index (χ1) is 11.2. The summed E-state index contributed by atoms with van der Waals surface area (Å²) < 4.78 is 7.31. The Kier molecular flexibility index (Phi) is 4.71. The molecule has 0 spiro atoms. The van der Waals surface area contributed by atoms with Gasteiger partial charge < -0.3 is 9.64 Å². The van der Waals surface area contributed by atoms with Crippen molar-refractivity contribution >= 4 is 5.91 Å². The van der Waals surface area contributed by atoms with Crippen molar-refractivity contribution in [2.45, 2.75) is 32.4 Å². The zero-order valence-electron chi connectivity index (χ0n) is 13.6. The summed E-state index contributed by atoms with van der Waals surface area (Å²) >= 11 is 0. The Hall–Kier alpha value is -2.21. The Morgan fingerprint density at radius 1 is 1.43 bits per heavy atom. The Balaban J connectivity index is 1.80. The van der Waals surface area contributed by atoms with E-state index < -0.39 is 0 Å². The van der Waals surface area contributed by atoms with Gasteiger partial charge in [0.2, 0.25) is 5.91 Å². The maximum Gasteiger partial charge on any atom is 0.228 e. The molecular weight excluding hydrogens is 292 g/mol. The molecule has 0 saturated carbocycles. The molecule has 6 heteroatoms. The van der Waals surface area contributed by atoms with Crippen LogP contribution in [0.15, 0.2) is 30.6 Å². The van der Waals surface area contributed by atoms with E-state index in [9.17, 15) is 4.79 Å². The molecule has 3 rings (SSSR count). The number of aryl methyl sites for hydroxylation is 1. The molecule has 1 aliphatic rings. The Morgan fingerprint density at radius 2 is 2.30 bits per heavy atom. The number of rotatable bonds is 5. The maximum absolute atomic E-state index is 12.7. The van der Waals surface area contributed by atoms with Gasteiger partial charge in [-0.25, -0.2) is 0 Å². The summed E-state index contributed by atoms with van der Waals surface area (Å²) in [6.07, 6.45) is 3.97. The topological polar surface area (TPSA) is 60.2 Å². The molecule has 122 valence electrons. The van der Waals surface area contributed by atoms with Crippen LogP contribution in [0.4, 0.5) is 0 Å². The lowest BCUT2D eigenvalue weighted by molar-refractivity contribution is -0.132. The SMILES string of the molecule is CCn1ncc2c1CN(C(=O)Cc1ccccn1)C[C@H]2COC. The van der Waals surface area contributed by atoms with Crippen LogP contribution in [0.3, 0.4) is 0 Å². The number of carbonyl (C=O) groups is 1. The minimum atomic E-state index is 0.0966. The predicted molar refractivity (Wildman–Crippen MR) is 85.9 cm³/mol. The minimum absolute atomic E-state index is 0.0966. The van der Waals surface area contributed by atoms with E-state index in [1.165, 1.54) is 5.56 Å². The van der Waals surface area contributed by atoms with Crippen LogP contribution in [0.25, 0.3) is 0 Å². The number of methoxy groups -OCH3 is 1. The van der Waals surface area contributed by atoms with Crippen LogP contribution in [-0.4, -0.2) is 45.8 Å². The third-order valence-corrected chi connectivity index (χ3v) is 4.28. The molecule has 0 bridgehead atoms. The first-order valence-corrected chi connectivity index (χ1v) is 7.94. The van der Waals surface area contributed by atoms with Crippen molar-refractivity contribution in [2.75, 3.05) is 20.3 Å². The molecule has 2 aromatic rings. The summed E-state index contributed by atoms with van der Waals surface area (Å²) in [5, 5.41) is 4.44. The van der Waals surface area contributed by atoms with E-state index in [1.54, 1.807) is 13.3 Å². The first kappa shape index (κ1) is 15.7. The molecular formula is C17H22N4O2. The largest absolute Gasteiger partial charge is 0.384 e. The van der Waals surface area contributed by atoms with Gasteiger partial charge in [0.25, 0.3) is 0 Å². The Labute approximate surface area is 136 Å². The molecule has 0 aliphatic carbocycles. The zero-order chi connectivity index (χ0) is 16.2. The summed E-state index contributed by atoms with van der Waals surface area (Å²) in [6.45, 7) is 4.73. The van der Waals surface area contributed by atoms with E-state index >= 15 is 0 Å². The van der Waals surface area contributed by atoms with Gasteiger partial charge in [0.05, 0.1) is 31.5 Å². The second kappa shape index (κ2) is 6.91. The fraction of sp³-hybridized carbons (Fsp3) is 0.471. The van der Waals surface area contributed by atoms with Crippen LogP contribution < -0.4 is 0 Å². The van der Waals surface area contributed by atoms with Crippen LogP contribution in [-0.2, 0) is 29.0 Å². The number of ether oxygens (including phenoxy) is 1. The normalized spacial score (nSPS) is 17.1. The van der Waals surface area contributed by atoms with Crippen molar-refractivity contribution in [3.8, 4) is 0 Å². The number of hydrogen-bond donors (Lipinski definition) is 0. The maximum atomic E-state index is 12.7. The van der Waals surface area contributed by atoms with Gasteiger partial charge in [-0.2, -0.15) is 5.10 Å². The highest BCUT2D eigenvalue weighted by molar-refractivity contribution is 5.78. The van der Waals surface area contributed by atoms with Crippen molar-refractivity contribution in [3.63, 3.8) is 0 Å². The van der Waals surface area contributed by atoms with Crippen molar-refractivity contribution in [1.29, 1.82) is 0 Å². The first-order valence-electron chi connectivity index (χ1n) is 7.94. The lowest BCUT2D eigenvalue weighted by atomic mass is 9.95. The van der Waals surface area contributed by atoms with E-state index in [2.05, 4.69) is 17.0 Å². The average molecular weight is 314 g/mol. The van der Waals surface area contributed by atoms with E-state index in [4.69, 9.17) is 4.74 Å². The lowest BCUT2D eigenvalue weighted by Gasteiger charge is -2.33. The van der Waals surface area contributed by atoms with Crippen molar-refractivity contribution < 1.29 is 9.53 Å². The summed E-state index contributed by atoms with van der Waals surface area (Å²) in [4.78, 5) is 18.8. The van der Waals surface area contributed by atoms with Gasteiger partial charge in [-0.3, -0.25) is 14.5 Å². The Bertz CT molecular complexity index is 668. The fourth-order valence-electron chi connectivity index (χ4n) is 3.12. The summed E-state index contributed by atoms with van der Waals surface area (Å²) in [5.41, 5.74) is 3.13. The highest BCUT2D eigenvalue weighted by Gasteiger charge is 2.31. The van der Waals surface area contributed by atoms with Crippen LogP contribution in [0.2, 0.25) is 0 Å². The molecule has 0 radical (unpaired) electrons. The molecule has 1 atom stereocenters. The van der Waals surface area contributed by atoms with Crippen LogP contribution >= 0.6 is 0 Å². The number of aromatic nitrogens is 3. The van der Waals surface area contributed by atoms with Gasteiger partial charge >= 0.3 is 0 Å². The molecule has 0 fully saturated rings. The minimum Gasteiger partial charge on any atom is -0.384 e. The smallest absolute Gasteiger partial charge is 0.228 e. The Morgan fingerprint density at radius 3 is 3.00 bits per heavy atom. The number of nitrogens with zero attached hydrogens (tertiary/aromatic N) is 4. The molecule has 0 unspecified atom stereocenters. The monoisotopic (exact) mass is 314 g/mol. The number of pyridine rings is 1. The highest BCUT2D eigenvalue weighted by Crippen LogP contribution is 2.29. The van der Waals surface area contributed by atoms with Crippen LogP contribution in [0.5, 0.6) is 0 Å². The number of fused-ring (bicyclic) bond motifs is 1. The molecule has 0 N–H and O–H groups in total. The molecule has 1 aliphatic heterocycles. The molecule has 3 heterocycles. The number of amides is 1. The van der Waals surface area contributed by atoms with E-state index in [0.717, 1.165) is 17.9 Å². The summed E-state index contributed by atoms with van der Waals surface area (Å²) in [6, 6.07) is 5.65. The summed E-state index contributed by atoms with van der Waals surface area (Å²) in [7, 11) is 1.69. The van der Waals surface area contributed by atoms with E-state index in [-0.39, 0.29) is 11.8 Å². The second-order valence-corrected chi connectivity index (χ2v) is 5.79. The van der Waals surface area contributed by atoms with E-state index in [1.807, 2.05) is 34.0 Å². The van der Waals surface area contributed by atoms with E-state index in [0.29, 0.717) is 26.1 Å². The molecule has 6 nitrogen and oxygen atoms in total. The van der Waals surface area contributed by atoms with Gasteiger partial charge in [0, 0.05) is 43.6 Å². The van der Waals surface area contributed by atoms with Crippen molar-refractivity contribution in [1.82, 2.24) is 19.7 Å². The van der Waals surface area contributed by atoms with Crippen LogP contribution in [0.1, 0.15) is 29.8 Å². The van der Waals surface area contributed by atoms with Gasteiger partial charge in [0.1, 0.15) is 0 Å². The third kappa shape index (κ3) is 3.27. The zero-order valence-corrected chi connectivity index (χ0v) is 13.6. The number of hydrogen-bond acceptors (Lipinski definition) is 4. The molecule has 0 aromatic carbocycles. The van der Waals surface area contributed by atoms with Gasteiger partial charge in [-0.1, -0.05) is 6.07 Å². The molecule has 1 amide bonds. The van der Waals surface area contributed by atoms with Crippen molar-refractivity contribution in [2.24, 2.45) is 0 Å². The quantitative estimate of drug-likeness (QED) is 0.841. The third-order valence-electron chi connectivity index (χ3n) is 4.28. The van der Waals surface area contributed by atoms with Crippen molar-refractivity contribution in [3.05, 3.63) is 47.5 Å². The van der Waals surface area contributed by atoms with Gasteiger partial charge in [0.15, 0.2) is 0 Å². The highest BCUT2D eigenvalue weighted by atomic mass is 16.5. The standard InChI is InChI=1S/C17H22N4O2/c1-3-21-16-11-20(10-13(12-23-2)15(16)9-19-21)17(22)8-14-6-4-5-7-18-14/h4-7,9,13H,3,8,10-12H2,1-2H3/t13-/m0/s1. The fourth-order valence-corrected chi connectivity index (χ4v) is 3.12. The van der Waals surface area contributed by atoms with Gasteiger partial charge in [-0.15, -0.1) is 0 Å². The van der Waals surface area contributed by atoms with Crippen LogP contribution in [0, 0.1) is 0 Å². The molecule has 23 heavy (non-hydrogen) atoms. The predicted octanol–water partition coefficient (Wildman–Crippen LogP) is 1.61. The molecule has 0 saturated heterocycles.